The zero-order valence-electron chi connectivity index (χ0n) is 5.63. The van der Waals surface area contributed by atoms with Crippen molar-refractivity contribution < 1.29 is 0 Å². The second kappa shape index (κ2) is 2.57. The van der Waals surface area contributed by atoms with Crippen LogP contribution in [0.1, 0.15) is 0 Å². The molecule has 1 unspecified atom stereocenters. The standard InChI is InChI=1S/C5H10N4/c1-6-5(7-2)4-3-8-9-4/h4H,3H2,1-2H3,(H,6,7). The minimum absolute atomic E-state index is 0.208. The first-order chi connectivity index (χ1) is 4.38. The van der Waals surface area contributed by atoms with E-state index in [2.05, 4.69) is 20.5 Å². The molecule has 0 fully saturated rings. The summed E-state index contributed by atoms with van der Waals surface area (Å²) in [5.41, 5.74) is 0. The van der Waals surface area contributed by atoms with Gasteiger partial charge in [-0.1, -0.05) is 0 Å². The van der Waals surface area contributed by atoms with E-state index in [9.17, 15) is 0 Å². The number of rotatable bonds is 1. The van der Waals surface area contributed by atoms with Crippen molar-refractivity contribution in [2.24, 2.45) is 15.2 Å². The Kier molecular flexibility index (Phi) is 1.77. The molecule has 4 heteroatoms. The second-order valence-corrected chi connectivity index (χ2v) is 1.81. The van der Waals surface area contributed by atoms with Crippen molar-refractivity contribution in [3.63, 3.8) is 0 Å². The van der Waals surface area contributed by atoms with Crippen LogP contribution in [0.15, 0.2) is 15.2 Å². The first-order valence-corrected chi connectivity index (χ1v) is 2.89. The molecular formula is C5H10N4. The maximum Gasteiger partial charge on any atom is 0.149 e. The zero-order chi connectivity index (χ0) is 6.69. The monoisotopic (exact) mass is 126 g/mol. The Morgan fingerprint density at radius 3 is 2.56 bits per heavy atom. The van der Waals surface area contributed by atoms with Crippen LogP contribution < -0.4 is 5.32 Å². The molecular weight excluding hydrogens is 116 g/mol. The molecule has 0 saturated carbocycles. The summed E-state index contributed by atoms with van der Waals surface area (Å²) in [5, 5.41) is 10.5. The average Bonchev–Trinajstić information content (AvgIpc) is 1.78. The molecule has 0 spiro atoms. The molecule has 0 aromatic carbocycles. The largest absolute Gasteiger partial charge is 0.375 e. The van der Waals surface area contributed by atoms with Crippen LogP contribution in [-0.2, 0) is 0 Å². The van der Waals surface area contributed by atoms with Crippen LogP contribution in [0.2, 0.25) is 0 Å². The number of amidine groups is 1. The van der Waals surface area contributed by atoms with Crippen LogP contribution >= 0.6 is 0 Å². The highest BCUT2D eigenvalue weighted by Crippen LogP contribution is 2.04. The first-order valence-electron chi connectivity index (χ1n) is 2.89. The maximum atomic E-state index is 3.98. The van der Waals surface area contributed by atoms with E-state index >= 15 is 0 Å². The Morgan fingerprint density at radius 1 is 1.78 bits per heavy atom. The van der Waals surface area contributed by atoms with Gasteiger partial charge in [0.1, 0.15) is 11.9 Å². The van der Waals surface area contributed by atoms with E-state index in [-0.39, 0.29) is 6.04 Å². The number of azo groups is 1. The molecule has 1 atom stereocenters. The van der Waals surface area contributed by atoms with Gasteiger partial charge in [0.25, 0.3) is 0 Å². The molecule has 50 valence electrons. The van der Waals surface area contributed by atoms with E-state index in [0.29, 0.717) is 0 Å². The van der Waals surface area contributed by atoms with E-state index in [4.69, 9.17) is 0 Å². The molecule has 0 bridgehead atoms. The lowest BCUT2D eigenvalue weighted by Crippen LogP contribution is -2.36. The highest BCUT2D eigenvalue weighted by molar-refractivity contribution is 5.87. The number of nitrogens with zero attached hydrogens (tertiary/aromatic N) is 3. The lowest BCUT2D eigenvalue weighted by molar-refractivity contribution is 0.641. The Labute approximate surface area is 54.1 Å². The number of aliphatic imine (C=N–C) groups is 1. The second-order valence-electron chi connectivity index (χ2n) is 1.81. The molecule has 0 aromatic heterocycles. The van der Waals surface area contributed by atoms with Gasteiger partial charge in [-0.3, -0.25) is 4.99 Å². The summed E-state index contributed by atoms with van der Waals surface area (Å²) < 4.78 is 0. The van der Waals surface area contributed by atoms with E-state index in [1.54, 1.807) is 7.05 Å². The summed E-state index contributed by atoms with van der Waals surface area (Å²) in [4.78, 5) is 3.98. The fraction of sp³-hybridized carbons (Fsp3) is 0.800. The Morgan fingerprint density at radius 2 is 2.44 bits per heavy atom. The van der Waals surface area contributed by atoms with Crippen molar-refractivity contribution in [1.29, 1.82) is 0 Å². The normalized spacial score (nSPS) is 25.6. The maximum absolute atomic E-state index is 3.98. The quantitative estimate of drug-likeness (QED) is 0.392. The molecule has 0 radical (unpaired) electrons. The van der Waals surface area contributed by atoms with Gasteiger partial charge in [0, 0.05) is 14.1 Å². The predicted octanol–water partition coefficient (Wildman–Crippen LogP) is 0.0685. The predicted molar refractivity (Wildman–Crippen MR) is 35.9 cm³/mol. The van der Waals surface area contributed by atoms with Gasteiger partial charge in [-0.2, -0.15) is 10.2 Å². The van der Waals surface area contributed by atoms with E-state index in [1.807, 2.05) is 7.05 Å². The van der Waals surface area contributed by atoms with Crippen molar-refractivity contribution in [2.75, 3.05) is 20.6 Å². The van der Waals surface area contributed by atoms with Gasteiger partial charge in [-0.15, -0.1) is 0 Å². The number of likely N-dealkylation sites (N-methyl/N-ethyl adjacent to an activating group) is 1. The smallest absolute Gasteiger partial charge is 0.149 e. The van der Waals surface area contributed by atoms with Crippen molar-refractivity contribution in [3.05, 3.63) is 0 Å². The number of hydrogen-bond donors (Lipinski definition) is 1. The highest BCUT2D eigenvalue weighted by atomic mass is 15.2. The summed E-state index contributed by atoms with van der Waals surface area (Å²) in [7, 11) is 3.59. The summed E-state index contributed by atoms with van der Waals surface area (Å²) in [6.07, 6.45) is 0. The van der Waals surface area contributed by atoms with Gasteiger partial charge < -0.3 is 5.32 Å². The molecule has 0 amide bonds. The van der Waals surface area contributed by atoms with E-state index in [1.165, 1.54) is 0 Å². The lowest BCUT2D eigenvalue weighted by Gasteiger charge is -2.16. The average molecular weight is 126 g/mol. The van der Waals surface area contributed by atoms with Crippen molar-refractivity contribution in [1.82, 2.24) is 5.32 Å². The van der Waals surface area contributed by atoms with Crippen molar-refractivity contribution >= 4 is 5.84 Å². The molecule has 1 N–H and O–H groups in total. The minimum atomic E-state index is 0.208. The van der Waals surface area contributed by atoms with Gasteiger partial charge in [-0.05, 0) is 0 Å². The summed E-state index contributed by atoms with van der Waals surface area (Å²) >= 11 is 0. The SMILES string of the molecule is CN=C(NC)C1CN=N1. The fourth-order valence-electron chi connectivity index (χ4n) is 0.732. The number of hydrogen-bond acceptors (Lipinski definition) is 3. The molecule has 0 aromatic rings. The molecule has 4 nitrogen and oxygen atoms in total. The minimum Gasteiger partial charge on any atom is -0.375 e. The molecule has 1 rings (SSSR count). The molecule has 1 aliphatic heterocycles. The van der Waals surface area contributed by atoms with Crippen LogP contribution in [0.4, 0.5) is 0 Å². The van der Waals surface area contributed by atoms with E-state index < -0.39 is 0 Å². The van der Waals surface area contributed by atoms with Gasteiger partial charge in [0.2, 0.25) is 0 Å². The van der Waals surface area contributed by atoms with Crippen LogP contribution in [-0.4, -0.2) is 32.5 Å². The summed E-state index contributed by atoms with van der Waals surface area (Å²) in [5.74, 6) is 0.921. The number of nitrogens with one attached hydrogen (secondary N) is 1. The Bertz CT molecular complexity index is 149. The summed E-state index contributed by atoms with van der Waals surface area (Å²) in [6, 6.07) is 0.208. The molecule has 1 heterocycles. The fourth-order valence-corrected chi connectivity index (χ4v) is 0.732. The summed E-state index contributed by atoms with van der Waals surface area (Å²) in [6.45, 7) is 0.785. The van der Waals surface area contributed by atoms with Crippen molar-refractivity contribution in [2.45, 2.75) is 6.04 Å². The van der Waals surface area contributed by atoms with E-state index in [0.717, 1.165) is 12.4 Å². The van der Waals surface area contributed by atoms with Gasteiger partial charge in [0.05, 0.1) is 6.54 Å². The van der Waals surface area contributed by atoms with Gasteiger partial charge in [0.15, 0.2) is 0 Å². The molecule has 1 aliphatic rings. The Balaban J connectivity index is 2.48. The zero-order valence-corrected chi connectivity index (χ0v) is 5.63. The molecule has 0 saturated heterocycles. The van der Waals surface area contributed by atoms with Crippen LogP contribution in [0.3, 0.4) is 0 Å². The topological polar surface area (TPSA) is 49.1 Å². The van der Waals surface area contributed by atoms with Gasteiger partial charge in [-0.25, -0.2) is 0 Å². The third kappa shape index (κ3) is 1.06. The van der Waals surface area contributed by atoms with Crippen LogP contribution in [0.25, 0.3) is 0 Å². The third-order valence-electron chi connectivity index (χ3n) is 1.29. The Hall–Kier alpha value is -0.930. The van der Waals surface area contributed by atoms with Crippen molar-refractivity contribution in [3.8, 4) is 0 Å². The third-order valence-corrected chi connectivity index (χ3v) is 1.29. The lowest BCUT2D eigenvalue weighted by atomic mass is 10.2. The van der Waals surface area contributed by atoms with Crippen LogP contribution in [0.5, 0.6) is 0 Å². The van der Waals surface area contributed by atoms with Crippen LogP contribution in [0, 0.1) is 0 Å². The first kappa shape index (κ1) is 6.19. The van der Waals surface area contributed by atoms with Gasteiger partial charge >= 0.3 is 0 Å². The highest BCUT2D eigenvalue weighted by Gasteiger charge is 2.18. The molecule has 9 heavy (non-hydrogen) atoms. The molecule has 0 aliphatic carbocycles.